The third-order valence-electron chi connectivity index (χ3n) is 4.40. The molecular formula is C21H14Cl2FN5O. The van der Waals surface area contributed by atoms with Gasteiger partial charge < -0.3 is 5.32 Å². The molecule has 0 spiro atoms. The molecule has 150 valence electrons. The van der Waals surface area contributed by atoms with Crippen LogP contribution in [0.2, 0.25) is 10.0 Å². The number of aromatic nitrogens is 4. The molecule has 0 aliphatic carbocycles. The summed E-state index contributed by atoms with van der Waals surface area (Å²) in [5.41, 5.74) is 1.82. The van der Waals surface area contributed by atoms with Crippen LogP contribution in [0.1, 0.15) is 27.7 Å². The predicted octanol–water partition coefficient (Wildman–Crippen LogP) is 4.63. The van der Waals surface area contributed by atoms with Crippen molar-refractivity contribution in [3.63, 3.8) is 0 Å². The highest BCUT2D eigenvalue weighted by Gasteiger charge is 2.23. The monoisotopic (exact) mass is 441 g/mol. The van der Waals surface area contributed by atoms with Crippen molar-refractivity contribution in [3.05, 3.63) is 106 Å². The number of carbonyl (C=O) groups is 1. The van der Waals surface area contributed by atoms with Gasteiger partial charge in [-0.25, -0.2) is 14.1 Å². The van der Waals surface area contributed by atoms with Crippen molar-refractivity contribution in [2.45, 2.75) is 6.04 Å². The van der Waals surface area contributed by atoms with Crippen LogP contribution in [0, 0.1) is 5.82 Å². The van der Waals surface area contributed by atoms with Gasteiger partial charge in [0.25, 0.3) is 5.91 Å². The normalized spacial score (nSPS) is 11.8. The highest BCUT2D eigenvalue weighted by Crippen LogP contribution is 2.26. The van der Waals surface area contributed by atoms with Crippen LogP contribution in [0.3, 0.4) is 0 Å². The van der Waals surface area contributed by atoms with Gasteiger partial charge in [0.15, 0.2) is 0 Å². The van der Waals surface area contributed by atoms with E-state index in [2.05, 4.69) is 20.4 Å². The Hall–Kier alpha value is -3.29. The summed E-state index contributed by atoms with van der Waals surface area (Å²) >= 11 is 11.8. The molecule has 9 heteroatoms. The van der Waals surface area contributed by atoms with Crippen LogP contribution in [0.5, 0.6) is 0 Å². The molecule has 1 amide bonds. The number of hydrogen-bond acceptors (Lipinski definition) is 4. The van der Waals surface area contributed by atoms with E-state index in [1.165, 1.54) is 12.5 Å². The summed E-state index contributed by atoms with van der Waals surface area (Å²) in [7, 11) is 0. The van der Waals surface area contributed by atoms with Gasteiger partial charge in [-0.2, -0.15) is 5.10 Å². The molecule has 2 aromatic heterocycles. The minimum absolute atomic E-state index is 0.0503. The van der Waals surface area contributed by atoms with Crippen molar-refractivity contribution < 1.29 is 9.18 Å². The fraction of sp³-hybridized carbons (Fsp3) is 0.0476. The number of hydrogen-bond donors (Lipinski definition) is 1. The minimum atomic E-state index is -0.831. The molecule has 1 N–H and O–H groups in total. The van der Waals surface area contributed by atoms with Crippen molar-refractivity contribution >= 4 is 29.1 Å². The fourth-order valence-corrected chi connectivity index (χ4v) is 3.19. The molecule has 2 aromatic carbocycles. The second kappa shape index (κ2) is 8.61. The summed E-state index contributed by atoms with van der Waals surface area (Å²) in [6.07, 6.45) is 4.31. The smallest absolute Gasteiger partial charge is 0.252 e. The van der Waals surface area contributed by atoms with Crippen LogP contribution < -0.4 is 5.32 Å². The molecule has 0 saturated heterocycles. The second-order valence-corrected chi connectivity index (χ2v) is 7.24. The first kappa shape index (κ1) is 20.0. The molecule has 0 aliphatic heterocycles. The van der Waals surface area contributed by atoms with Gasteiger partial charge in [0.05, 0.1) is 16.8 Å². The summed E-state index contributed by atoms with van der Waals surface area (Å²) in [5.74, 6) is -1.01. The highest BCUT2D eigenvalue weighted by molar-refractivity contribution is 6.30. The molecule has 4 rings (SSSR count). The first-order valence-electron chi connectivity index (χ1n) is 8.83. The van der Waals surface area contributed by atoms with Crippen molar-refractivity contribution in [2.24, 2.45) is 0 Å². The lowest BCUT2D eigenvalue weighted by Gasteiger charge is -2.20. The second-order valence-electron chi connectivity index (χ2n) is 6.37. The molecule has 0 radical (unpaired) electrons. The lowest BCUT2D eigenvalue weighted by atomic mass is 10.0. The maximum atomic E-state index is 14.6. The Kier molecular flexibility index (Phi) is 5.74. The third-order valence-corrected chi connectivity index (χ3v) is 4.86. The molecule has 0 bridgehead atoms. The quantitative estimate of drug-likeness (QED) is 0.489. The van der Waals surface area contributed by atoms with E-state index in [0.29, 0.717) is 16.1 Å². The molecule has 1 atom stereocenters. The number of benzene rings is 2. The molecule has 6 nitrogen and oxygen atoms in total. The Morgan fingerprint density at radius 2 is 1.77 bits per heavy atom. The fourth-order valence-electron chi connectivity index (χ4n) is 2.92. The topological polar surface area (TPSA) is 72.7 Å². The molecular weight excluding hydrogens is 428 g/mol. The number of amides is 1. The van der Waals surface area contributed by atoms with Gasteiger partial charge in [0, 0.05) is 16.8 Å². The van der Waals surface area contributed by atoms with Crippen molar-refractivity contribution in [2.75, 3.05) is 0 Å². The first-order valence-corrected chi connectivity index (χ1v) is 9.59. The largest absolute Gasteiger partial charge is 0.339 e. The average molecular weight is 442 g/mol. The molecule has 0 aliphatic rings. The van der Waals surface area contributed by atoms with Crippen LogP contribution in [0.4, 0.5) is 4.39 Å². The van der Waals surface area contributed by atoms with Gasteiger partial charge in [0.2, 0.25) is 0 Å². The summed E-state index contributed by atoms with van der Waals surface area (Å²) in [6.45, 7) is 0. The van der Waals surface area contributed by atoms with Gasteiger partial charge in [0.1, 0.15) is 24.2 Å². The molecule has 2 heterocycles. The maximum Gasteiger partial charge on any atom is 0.252 e. The van der Waals surface area contributed by atoms with Crippen molar-refractivity contribution in [1.82, 2.24) is 25.1 Å². The Morgan fingerprint density at radius 1 is 1.03 bits per heavy atom. The van der Waals surface area contributed by atoms with Gasteiger partial charge in [-0.3, -0.25) is 9.78 Å². The number of carbonyl (C=O) groups excluding carboxylic acids is 1. The molecule has 0 unspecified atom stereocenters. The summed E-state index contributed by atoms with van der Waals surface area (Å²) in [6, 6.07) is 13.8. The van der Waals surface area contributed by atoms with Gasteiger partial charge in [-0.15, -0.1) is 0 Å². The minimum Gasteiger partial charge on any atom is -0.339 e. The molecule has 0 fully saturated rings. The zero-order valence-corrected chi connectivity index (χ0v) is 16.8. The van der Waals surface area contributed by atoms with Gasteiger partial charge >= 0.3 is 0 Å². The van der Waals surface area contributed by atoms with Crippen LogP contribution >= 0.6 is 23.2 Å². The zero-order chi connectivity index (χ0) is 21.1. The number of pyridine rings is 1. The van der Waals surface area contributed by atoms with E-state index in [1.807, 2.05) is 0 Å². The van der Waals surface area contributed by atoms with Gasteiger partial charge in [-0.05, 0) is 48.0 Å². The van der Waals surface area contributed by atoms with E-state index >= 15 is 0 Å². The van der Waals surface area contributed by atoms with Crippen LogP contribution in [-0.2, 0) is 0 Å². The lowest BCUT2D eigenvalue weighted by molar-refractivity contribution is 0.0942. The Bertz CT molecular complexity index is 1170. The number of halogens is 3. The Balaban J connectivity index is 1.64. The summed E-state index contributed by atoms with van der Waals surface area (Å²) in [5, 5.41) is 7.58. The lowest BCUT2D eigenvalue weighted by Crippen LogP contribution is -2.30. The molecule has 4 aromatic rings. The zero-order valence-electron chi connectivity index (χ0n) is 15.3. The van der Waals surface area contributed by atoms with Crippen molar-refractivity contribution in [3.8, 4) is 5.69 Å². The van der Waals surface area contributed by atoms with E-state index < -0.39 is 17.8 Å². The van der Waals surface area contributed by atoms with E-state index in [9.17, 15) is 9.18 Å². The summed E-state index contributed by atoms with van der Waals surface area (Å²) < 4.78 is 16.2. The number of rotatable bonds is 5. The Labute approximate surface area is 181 Å². The Morgan fingerprint density at radius 3 is 2.40 bits per heavy atom. The first-order chi connectivity index (χ1) is 14.5. The van der Waals surface area contributed by atoms with E-state index in [4.69, 9.17) is 23.2 Å². The molecule has 30 heavy (non-hydrogen) atoms. The standard InChI is InChI=1S/C21H14Cl2FN5O/c22-15-5-1-13(2-6-15)19(20-18(24)9-16(23)10-26-20)28-21(30)14-3-7-17(8-4-14)29-12-25-11-27-29/h1-12,19H,(H,28,30)/t19-/m0/s1. The summed E-state index contributed by atoms with van der Waals surface area (Å²) in [4.78, 5) is 20.9. The number of nitrogens with zero attached hydrogens (tertiary/aromatic N) is 4. The van der Waals surface area contributed by atoms with Crippen LogP contribution in [-0.4, -0.2) is 25.7 Å². The SMILES string of the molecule is O=C(N[C@@H](c1ccc(Cl)cc1)c1ncc(Cl)cc1F)c1ccc(-n2cncn2)cc1. The highest BCUT2D eigenvalue weighted by atomic mass is 35.5. The maximum absolute atomic E-state index is 14.6. The molecule has 0 saturated carbocycles. The average Bonchev–Trinajstić information content (AvgIpc) is 3.28. The van der Waals surface area contributed by atoms with E-state index in [0.717, 1.165) is 11.8 Å². The number of nitrogens with one attached hydrogen (secondary N) is 1. The van der Waals surface area contributed by atoms with Crippen LogP contribution in [0.25, 0.3) is 5.69 Å². The van der Waals surface area contributed by atoms with Gasteiger partial charge in [-0.1, -0.05) is 35.3 Å². The third kappa shape index (κ3) is 4.32. The van der Waals surface area contributed by atoms with Crippen molar-refractivity contribution in [1.29, 1.82) is 0 Å². The van der Waals surface area contributed by atoms with Crippen LogP contribution in [0.15, 0.2) is 73.4 Å². The van der Waals surface area contributed by atoms with E-state index in [-0.39, 0.29) is 10.7 Å². The van der Waals surface area contributed by atoms with E-state index in [1.54, 1.807) is 59.5 Å². The predicted molar refractivity (Wildman–Crippen MR) is 111 cm³/mol.